The Morgan fingerprint density at radius 2 is 2.31 bits per heavy atom. The number of hydrogen-bond acceptors (Lipinski definition) is 3. The van der Waals surface area contributed by atoms with E-state index in [2.05, 4.69) is 19.2 Å². The first-order valence-corrected chi connectivity index (χ1v) is 5.14. The lowest BCUT2D eigenvalue weighted by atomic mass is 10.2. The third-order valence-corrected chi connectivity index (χ3v) is 2.73. The second-order valence-electron chi connectivity index (χ2n) is 3.75. The summed E-state index contributed by atoms with van der Waals surface area (Å²) in [4.78, 5) is 0. The van der Waals surface area contributed by atoms with Gasteiger partial charge in [0.25, 0.3) is 0 Å². The summed E-state index contributed by atoms with van der Waals surface area (Å²) in [5.74, 6) is 0. The molecule has 0 aromatic heterocycles. The standard InChI is InChI=1S/C10H21NO2/c1-8(11-3)9(2)13-7-10-5-4-6-12-10/h8-11H,4-7H2,1-3H3. The Morgan fingerprint density at radius 3 is 2.85 bits per heavy atom. The normalized spacial score (nSPS) is 27.5. The van der Waals surface area contributed by atoms with Crippen molar-refractivity contribution in [2.75, 3.05) is 20.3 Å². The minimum atomic E-state index is 0.259. The zero-order valence-electron chi connectivity index (χ0n) is 8.88. The van der Waals surface area contributed by atoms with Crippen LogP contribution in [0.2, 0.25) is 0 Å². The van der Waals surface area contributed by atoms with Gasteiger partial charge in [0.05, 0.1) is 18.8 Å². The summed E-state index contributed by atoms with van der Waals surface area (Å²) in [6.07, 6.45) is 2.94. The van der Waals surface area contributed by atoms with E-state index < -0.39 is 0 Å². The van der Waals surface area contributed by atoms with E-state index in [4.69, 9.17) is 9.47 Å². The van der Waals surface area contributed by atoms with Crippen LogP contribution in [0.3, 0.4) is 0 Å². The quantitative estimate of drug-likeness (QED) is 0.701. The number of hydrogen-bond donors (Lipinski definition) is 1. The van der Waals surface area contributed by atoms with E-state index in [1.54, 1.807) is 0 Å². The third kappa shape index (κ3) is 3.63. The Hall–Kier alpha value is -0.120. The van der Waals surface area contributed by atoms with Crippen molar-refractivity contribution in [2.45, 2.75) is 44.9 Å². The maximum atomic E-state index is 5.69. The van der Waals surface area contributed by atoms with Gasteiger partial charge in [0.1, 0.15) is 0 Å². The van der Waals surface area contributed by atoms with Crippen molar-refractivity contribution in [3.05, 3.63) is 0 Å². The molecule has 0 aromatic carbocycles. The Labute approximate surface area is 80.8 Å². The lowest BCUT2D eigenvalue weighted by Gasteiger charge is -2.21. The predicted octanol–water partition coefficient (Wildman–Crippen LogP) is 1.18. The number of likely N-dealkylation sites (N-methyl/N-ethyl adjacent to an activating group) is 1. The summed E-state index contributed by atoms with van der Waals surface area (Å²) >= 11 is 0. The average molecular weight is 187 g/mol. The summed E-state index contributed by atoms with van der Waals surface area (Å²) in [5.41, 5.74) is 0. The highest BCUT2D eigenvalue weighted by atomic mass is 16.5. The summed E-state index contributed by atoms with van der Waals surface area (Å²) < 4.78 is 11.2. The average Bonchev–Trinajstić information content (AvgIpc) is 2.65. The summed E-state index contributed by atoms with van der Waals surface area (Å²) in [7, 11) is 1.95. The van der Waals surface area contributed by atoms with E-state index in [9.17, 15) is 0 Å². The highest BCUT2D eigenvalue weighted by Gasteiger charge is 2.18. The first kappa shape index (κ1) is 11.0. The summed E-state index contributed by atoms with van der Waals surface area (Å²) in [5, 5.41) is 3.17. The molecule has 1 aliphatic heterocycles. The van der Waals surface area contributed by atoms with Gasteiger partial charge in [-0.15, -0.1) is 0 Å². The van der Waals surface area contributed by atoms with Crippen molar-refractivity contribution in [1.82, 2.24) is 5.32 Å². The van der Waals surface area contributed by atoms with Gasteiger partial charge in [-0.3, -0.25) is 0 Å². The van der Waals surface area contributed by atoms with Crippen LogP contribution < -0.4 is 5.32 Å². The van der Waals surface area contributed by atoms with Crippen LogP contribution in [0.5, 0.6) is 0 Å². The lowest BCUT2D eigenvalue weighted by Crippen LogP contribution is -2.36. The summed E-state index contributed by atoms with van der Waals surface area (Å²) in [6, 6.07) is 0.404. The molecule has 1 rings (SSSR count). The molecule has 1 fully saturated rings. The van der Waals surface area contributed by atoms with Crippen molar-refractivity contribution in [3.63, 3.8) is 0 Å². The molecule has 0 spiro atoms. The van der Waals surface area contributed by atoms with Gasteiger partial charge in [-0.1, -0.05) is 0 Å². The highest BCUT2D eigenvalue weighted by Crippen LogP contribution is 2.13. The highest BCUT2D eigenvalue weighted by molar-refractivity contribution is 4.69. The fourth-order valence-corrected chi connectivity index (χ4v) is 1.41. The molecule has 0 aliphatic carbocycles. The Balaban J connectivity index is 2.10. The molecule has 0 bridgehead atoms. The molecular weight excluding hydrogens is 166 g/mol. The molecule has 1 aliphatic rings. The first-order valence-electron chi connectivity index (χ1n) is 5.14. The Bertz CT molecular complexity index is 135. The second-order valence-corrected chi connectivity index (χ2v) is 3.75. The van der Waals surface area contributed by atoms with E-state index in [1.165, 1.54) is 6.42 Å². The lowest BCUT2D eigenvalue weighted by molar-refractivity contribution is -0.0235. The van der Waals surface area contributed by atoms with Gasteiger partial charge in [-0.25, -0.2) is 0 Å². The minimum absolute atomic E-state index is 0.259. The maximum Gasteiger partial charge on any atom is 0.0809 e. The van der Waals surface area contributed by atoms with Crippen molar-refractivity contribution in [3.8, 4) is 0 Å². The van der Waals surface area contributed by atoms with Crippen LogP contribution in [0.15, 0.2) is 0 Å². The van der Waals surface area contributed by atoms with Gasteiger partial charge < -0.3 is 14.8 Å². The van der Waals surface area contributed by atoms with Gasteiger partial charge in [-0.2, -0.15) is 0 Å². The molecular formula is C10H21NO2. The van der Waals surface area contributed by atoms with Gasteiger partial charge in [0.15, 0.2) is 0 Å². The monoisotopic (exact) mass is 187 g/mol. The van der Waals surface area contributed by atoms with Crippen molar-refractivity contribution < 1.29 is 9.47 Å². The van der Waals surface area contributed by atoms with E-state index in [0.29, 0.717) is 12.1 Å². The molecule has 3 heteroatoms. The molecule has 1 N–H and O–H groups in total. The maximum absolute atomic E-state index is 5.69. The smallest absolute Gasteiger partial charge is 0.0809 e. The van der Waals surface area contributed by atoms with E-state index >= 15 is 0 Å². The number of nitrogens with one attached hydrogen (secondary N) is 1. The predicted molar refractivity (Wildman–Crippen MR) is 52.9 cm³/mol. The molecule has 1 saturated heterocycles. The van der Waals surface area contributed by atoms with Crippen LogP contribution in [0.1, 0.15) is 26.7 Å². The zero-order chi connectivity index (χ0) is 9.68. The van der Waals surface area contributed by atoms with E-state index in [0.717, 1.165) is 19.6 Å². The van der Waals surface area contributed by atoms with Crippen LogP contribution in [0, 0.1) is 0 Å². The molecule has 78 valence electrons. The van der Waals surface area contributed by atoms with Crippen molar-refractivity contribution in [2.24, 2.45) is 0 Å². The van der Waals surface area contributed by atoms with E-state index in [-0.39, 0.29) is 6.10 Å². The van der Waals surface area contributed by atoms with Crippen LogP contribution in [0.4, 0.5) is 0 Å². The van der Waals surface area contributed by atoms with Gasteiger partial charge in [0.2, 0.25) is 0 Å². The van der Waals surface area contributed by atoms with Crippen LogP contribution in [0.25, 0.3) is 0 Å². The molecule has 0 radical (unpaired) electrons. The zero-order valence-corrected chi connectivity index (χ0v) is 8.88. The SMILES string of the molecule is CNC(C)C(C)OCC1CCCO1. The molecule has 0 aromatic rings. The van der Waals surface area contributed by atoms with Crippen molar-refractivity contribution in [1.29, 1.82) is 0 Å². The Morgan fingerprint density at radius 1 is 1.54 bits per heavy atom. The van der Waals surface area contributed by atoms with E-state index in [1.807, 2.05) is 7.05 Å². The van der Waals surface area contributed by atoms with Crippen LogP contribution in [-0.4, -0.2) is 38.5 Å². The molecule has 0 saturated carbocycles. The summed E-state index contributed by atoms with van der Waals surface area (Å²) in [6.45, 7) is 5.87. The Kier molecular flexibility index (Phi) is 4.70. The van der Waals surface area contributed by atoms with Crippen LogP contribution >= 0.6 is 0 Å². The van der Waals surface area contributed by atoms with Gasteiger partial charge >= 0.3 is 0 Å². The van der Waals surface area contributed by atoms with Gasteiger partial charge in [-0.05, 0) is 33.7 Å². The molecule has 13 heavy (non-hydrogen) atoms. The van der Waals surface area contributed by atoms with Crippen molar-refractivity contribution >= 4 is 0 Å². The molecule has 1 heterocycles. The van der Waals surface area contributed by atoms with Crippen LogP contribution in [-0.2, 0) is 9.47 Å². The third-order valence-electron chi connectivity index (χ3n) is 2.73. The molecule has 0 amide bonds. The fourth-order valence-electron chi connectivity index (χ4n) is 1.41. The number of rotatable bonds is 5. The minimum Gasteiger partial charge on any atom is -0.376 e. The molecule has 3 unspecified atom stereocenters. The fraction of sp³-hybridized carbons (Fsp3) is 1.00. The van der Waals surface area contributed by atoms with Gasteiger partial charge in [0, 0.05) is 12.6 Å². The number of ether oxygens (including phenoxy) is 2. The first-order chi connectivity index (χ1) is 6.24. The molecule has 3 nitrogen and oxygen atoms in total. The second kappa shape index (κ2) is 5.58. The molecule has 3 atom stereocenters. The largest absolute Gasteiger partial charge is 0.376 e. The topological polar surface area (TPSA) is 30.5 Å².